The van der Waals surface area contributed by atoms with Crippen molar-refractivity contribution in [3.8, 4) is 0 Å². The van der Waals surface area contributed by atoms with E-state index in [0.29, 0.717) is 0 Å². The zero-order chi connectivity index (χ0) is 14.8. The number of amides is 2. The Balaban J connectivity index is 1.97. The number of nitrogens with one attached hydrogen (secondary N) is 2. The van der Waals surface area contributed by atoms with E-state index < -0.39 is 17.4 Å². The van der Waals surface area contributed by atoms with Crippen molar-refractivity contribution in [2.24, 2.45) is 5.92 Å². The Morgan fingerprint density at radius 2 is 2.15 bits per heavy atom. The number of thiophene rings is 1. The van der Waals surface area contributed by atoms with Gasteiger partial charge in [-0.2, -0.15) is 0 Å². The van der Waals surface area contributed by atoms with Gasteiger partial charge in [0.05, 0.1) is 6.54 Å². The highest BCUT2D eigenvalue weighted by Crippen LogP contribution is 2.46. The van der Waals surface area contributed by atoms with Crippen LogP contribution in [0.5, 0.6) is 0 Å². The maximum absolute atomic E-state index is 11.7. The number of carbonyl (C=O) groups is 2. The lowest BCUT2D eigenvalue weighted by atomic mass is 9.95. The van der Waals surface area contributed by atoms with Gasteiger partial charge >= 0.3 is 11.8 Å². The predicted molar refractivity (Wildman–Crippen MR) is 77.2 cm³/mol. The fraction of sp³-hybridized carbons (Fsp3) is 0.571. The summed E-state index contributed by atoms with van der Waals surface area (Å²) in [6.45, 7) is 3.65. The van der Waals surface area contributed by atoms with Crippen LogP contribution in [0, 0.1) is 5.92 Å². The minimum Gasteiger partial charge on any atom is -0.382 e. The maximum Gasteiger partial charge on any atom is 0.309 e. The molecule has 1 atom stereocenters. The summed E-state index contributed by atoms with van der Waals surface area (Å²) in [6, 6.07) is 3.65. The predicted octanol–water partition coefficient (Wildman–Crippen LogP) is 0.987. The van der Waals surface area contributed by atoms with E-state index in [1.165, 1.54) is 11.3 Å². The molecule has 0 saturated heterocycles. The van der Waals surface area contributed by atoms with Crippen molar-refractivity contribution in [3.05, 3.63) is 22.4 Å². The molecule has 0 spiro atoms. The third-order valence-electron chi connectivity index (χ3n) is 3.35. The summed E-state index contributed by atoms with van der Waals surface area (Å²) in [5, 5.41) is 17.8. The quantitative estimate of drug-likeness (QED) is 0.709. The van der Waals surface area contributed by atoms with Crippen molar-refractivity contribution in [3.63, 3.8) is 0 Å². The number of hydrogen-bond acceptors (Lipinski definition) is 4. The van der Waals surface area contributed by atoms with E-state index in [1.54, 1.807) is 13.8 Å². The molecule has 2 rings (SSSR count). The van der Waals surface area contributed by atoms with Gasteiger partial charge in [0, 0.05) is 10.9 Å². The minimum absolute atomic E-state index is 0.0720. The molecule has 5 nitrogen and oxygen atoms in total. The number of rotatable bonds is 5. The third-order valence-corrected chi connectivity index (χ3v) is 4.38. The lowest BCUT2D eigenvalue weighted by Gasteiger charge is -2.27. The molecule has 1 aromatic rings. The molecule has 2 amide bonds. The molecule has 6 heteroatoms. The van der Waals surface area contributed by atoms with Gasteiger partial charge in [-0.15, -0.1) is 11.3 Å². The summed E-state index contributed by atoms with van der Waals surface area (Å²) in [4.78, 5) is 24.1. The molecule has 0 unspecified atom stereocenters. The Labute approximate surface area is 122 Å². The van der Waals surface area contributed by atoms with Gasteiger partial charge in [0.2, 0.25) is 0 Å². The van der Waals surface area contributed by atoms with Crippen LogP contribution in [0.25, 0.3) is 0 Å². The van der Waals surface area contributed by atoms with Crippen molar-refractivity contribution < 1.29 is 14.7 Å². The summed E-state index contributed by atoms with van der Waals surface area (Å²) in [6.07, 6.45) is 1.89. The summed E-state index contributed by atoms with van der Waals surface area (Å²) in [5.74, 6) is -1.20. The van der Waals surface area contributed by atoms with Crippen LogP contribution in [0.15, 0.2) is 17.5 Å². The standard InChI is InChI=1S/C14H20N2O3S/c1-9(2)16-13(18)12(17)15-8-14(19,10-5-6-10)11-4-3-7-20-11/h3-4,7,9-10,19H,5-6,8H2,1-2H3,(H,15,17)(H,16,18)/t14-/m0/s1. The Hall–Kier alpha value is -1.40. The van der Waals surface area contributed by atoms with E-state index in [-0.39, 0.29) is 18.5 Å². The molecule has 20 heavy (non-hydrogen) atoms. The summed E-state index contributed by atoms with van der Waals surface area (Å²) >= 11 is 1.47. The number of carbonyl (C=O) groups excluding carboxylic acids is 2. The average Bonchev–Trinajstić information content (AvgIpc) is 3.10. The second-order valence-corrected chi connectivity index (χ2v) is 6.43. The Morgan fingerprint density at radius 1 is 1.45 bits per heavy atom. The third kappa shape index (κ3) is 3.37. The van der Waals surface area contributed by atoms with Crippen molar-refractivity contribution >= 4 is 23.2 Å². The Kier molecular flexibility index (Phi) is 4.45. The summed E-state index contributed by atoms with van der Waals surface area (Å²) < 4.78 is 0. The molecule has 1 aromatic heterocycles. The molecule has 0 radical (unpaired) electrons. The lowest BCUT2D eigenvalue weighted by Crippen LogP contribution is -2.48. The Bertz CT molecular complexity index is 483. The fourth-order valence-corrected chi connectivity index (χ4v) is 3.05. The number of aliphatic hydroxyl groups is 1. The van der Waals surface area contributed by atoms with E-state index >= 15 is 0 Å². The van der Waals surface area contributed by atoms with E-state index in [4.69, 9.17) is 0 Å². The second-order valence-electron chi connectivity index (χ2n) is 5.49. The number of hydrogen-bond donors (Lipinski definition) is 3. The first-order valence-corrected chi connectivity index (χ1v) is 7.66. The fourth-order valence-electron chi connectivity index (χ4n) is 2.14. The second kappa shape index (κ2) is 5.93. The molecule has 1 aliphatic rings. The van der Waals surface area contributed by atoms with Gasteiger partial charge in [-0.25, -0.2) is 0 Å². The lowest BCUT2D eigenvalue weighted by molar-refractivity contribution is -0.140. The average molecular weight is 296 g/mol. The van der Waals surface area contributed by atoms with Crippen molar-refractivity contribution in [1.82, 2.24) is 10.6 Å². The molecule has 3 N–H and O–H groups in total. The van der Waals surface area contributed by atoms with E-state index in [2.05, 4.69) is 10.6 Å². The molecule has 110 valence electrons. The van der Waals surface area contributed by atoms with E-state index in [0.717, 1.165) is 17.7 Å². The first-order valence-electron chi connectivity index (χ1n) is 6.78. The van der Waals surface area contributed by atoms with E-state index in [9.17, 15) is 14.7 Å². The van der Waals surface area contributed by atoms with Crippen LogP contribution < -0.4 is 10.6 Å². The van der Waals surface area contributed by atoms with Crippen LogP contribution in [-0.2, 0) is 15.2 Å². The molecule has 0 bridgehead atoms. The van der Waals surface area contributed by atoms with Crippen LogP contribution in [0.1, 0.15) is 31.6 Å². The molecule has 1 saturated carbocycles. The maximum atomic E-state index is 11.7. The van der Waals surface area contributed by atoms with Crippen molar-refractivity contribution in [2.75, 3.05) is 6.54 Å². The largest absolute Gasteiger partial charge is 0.382 e. The highest BCUT2D eigenvalue weighted by Gasteiger charge is 2.46. The highest BCUT2D eigenvalue weighted by molar-refractivity contribution is 7.10. The zero-order valence-electron chi connectivity index (χ0n) is 11.7. The van der Waals surface area contributed by atoms with Crippen LogP contribution in [0.2, 0.25) is 0 Å². The molecule has 1 heterocycles. The van der Waals surface area contributed by atoms with Crippen LogP contribution in [0.4, 0.5) is 0 Å². The molecule has 1 aliphatic carbocycles. The molecular weight excluding hydrogens is 276 g/mol. The topological polar surface area (TPSA) is 78.4 Å². The van der Waals surface area contributed by atoms with Gasteiger partial charge in [-0.05, 0) is 44.1 Å². The van der Waals surface area contributed by atoms with Gasteiger partial charge in [0.1, 0.15) is 5.60 Å². The monoisotopic (exact) mass is 296 g/mol. The molecule has 1 fully saturated rings. The van der Waals surface area contributed by atoms with Gasteiger partial charge < -0.3 is 15.7 Å². The molecule has 0 aromatic carbocycles. The molecular formula is C14H20N2O3S. The zero-order valence-corrected chi connectivity index (χ0v) is 12.5. The normalized spacial score (nSPS) is 17.6. The van der Waals surface area contributed by atoms with E-state index in [1.807, 2.05) is 17.5 Å². The first kappa shape index (κ1) is 15.0. The van der Waals surface area contributed by atoms with Crippen LogP contribution in [0.3, 0.4) is 0 Å². The van der Waals surface area contributed by atoms with Crippen LogP contribution in [-0.4, -0.2) is 29.5 Å². The van der Waals surface area contributed by atoms with Crippen molar-refractivity contribution in [2.45, 2.75) is 38.3 Å². The summed E-state index contributed by atoms with van der Waals surface area (Å²) in [5.41, 5.74) is -1.05. The highest BCUT2D eigenvalue weighted by atomic mass is 32.1. The SMILES string of the molecule is CC(C)NC(=O)C(=O)NC[C@@](O)(c1cccs1)C1CC1. The van der Waals surface area contributed by atoms with Gasteiger partial charge in [-0.3, -0.25) is 9.59 Å². The molecule has 0 aliphatic heterocycles. The smallest absolute Gasteiger partial charge is 0.309 e. The van der Waals surface area contributed by atoms with Gasteiger partial charge in [-0.1, -0.05) is 6.07 Å². The minimum atomic E-state index is -1.05. The Morgan fingerprint density at radius 3 is 2.65 bits per heavy atom. The van der Waals surface area contributed by atoms with Crippen LogP contribution >= 0.6 is 11.3 Å². The first-order chi connectivity index (χ1) is 9.43. The summed E-state index contributed by atoms with van der Waals surface area (Å²) in [7, 11) is 0. The van der Waals surface area contributed by atoms with Gasteiger partial charge in [0.15, 0.2) is 0 Å². The van der Waals surface area contributed by atoms with Gasteiger partial charge in [0.25, 0.3) is 0 Å². The van der Waals surface area contributed by atoms with Crippen molar-refractivity contribution in [1.29, 1.82) is 0 Å².